The Hall–Kier alpha value is -1.88. The molecule has 0 aliphatic carbocycles. The molecule has 1 N–H and O–H groups in total. The first-order valence-corrected chi connectivity index (χ1v) is 7.61. The number of nitrogens with zero attached hydrogens (tertiary/aromatic N) is 2. The van der Waals surface area contributed by atoms with Crippen LogP contribution in [0.15, 0.2) is 24.3 Å². The number of hydrogen-bond acceptors (Lipinski definition) is 3. The van der Waals surface area contributed by atoms with Gasteiger partial charge in [-0.15, -0.1) is 0 Å². The van der Waals surface area contributed by atoms with Crippen molar-refractivity contribution in [3.05, 3.63) is 35.4 Å². The summed E-state index contributed by atoms with van der Waals surface area (Å²) in [7, 11) is 0. The Bertz CT molecular complexity index is 538. The fourth-order valence-corrected chi connectivity index (χ4v) is 3.01. The van der Waals surface area contributed by atoms with Crippen molar-refractivity contribution in [2.24, 2.45) is 0 Å². The molecule has 0 unspecified atom stereocenters. The first-order valence-electron chi connectivity index (χ1n) is 7.61. The highest BCUT2D eigenvalue weighted by atomic mass is 16.2. The number of rotatable bonds is 0. The van der Waals surface area contributed by atoms with Gasteiger partial charge in [0.05, 0.1) is 0 Å². The molecule has 2 aliphatic heterocycles. The standard InChI is InChI=1S/C16H21N3O2/c20-15(18-10-7-17-8-11-18)16(21)19-9-3-6-13-4-1-2-5-14(13)12-19/h1-2,4-5,17H,3,6-12H2. The molecule has 5 heteroatoms. The minimum atomic E-state index is -0.353. The van der Waals surface area contributed by atoms with Crippen molar-refractivity contribution in [2.45, 2.75) is 19.4 Å². The van der Waals surface area contributed by atoms with Gasteiger partial charge in [0.25, 0.3) is 0 Å². The maximum Gasteiger partial charge on any atom is 0.312 e. The van der Waals surface area contributed by atoms with E-state index in [1.807, 2.05) is 12.1 Å². The zero-order chi connectivity index (χ0) is 14.7. The van der Waals surface area contributed by atoms with E-state index in [0.29, 0.717) is 26.2 Å². The third-order valence-electron chi connectivity index (χ3n) is 4.23. The summed E-state index contributed by atoms with van der Waals surface area (Å²) in [5, 5.41) is 3.19. The molecule has 0 bridgehead atoms. The van der Waals surface area contributed by atoms with Crippen molar-refractivity contribution in [1.82, 2.24) is 15.1 Å². The zero-order valence-corrected chi connectivity index (χ0v) is 12.2. The molecule has 2 aliphatic rings. The molecule has 0 aromatic heterocycles. The highest BCUT2D eigenvalue weighted by Gasteiger charge is 2.29. The summed E-state index contributed by atoms with van der Waals surface area (Å²) in [6.07, 6.45) is 1.89. The zero-order valence-electron chi connectivity index (χ0n) is 12.2. The van der Waals surface area contributed by atoms with Crippen molar-refractivity contribution in [3.8, 4) is 0 Å². The second kappa shape index (κ2) is 6.26. The minimum absolute atomic E-state index is 0.351. The summed E-state index contributed by atoms with van der Waals surface area (Å²) in [6, 6.07) is 8.19. The molecule has 2 amide bonds. The van der Waals surface area contributed by atoms with Crippen LogP contribution >= 0.6 is 0 Å². The number of nitrogens with one attached hydrogen (secondary N) is 1. The predicted molar refractivity (Wildman–Crippen MR) is 79.6 cm³/mol. The van der Waals surface area contributed by atoms with Crippen LogP contribution in [-0.4, -0.2) is 54.3 Å². The van der Waals surface area contributed by atoms with Crippen LogP contribution in [0.25, 0.3) is 0 Å². The molecule has 2 heterocycles. The number of carbonyl (C=O) groups is 2. The minimum Gasteiger partial charge on any atom is -0.332 e. The average molecular weight is 287 g/mol. The number of carbonyl (C=O) groups excluding carboxylic acids is 2. The van der Waals surface area contributed by atoms with Crippen molar-refractivity contribution in [1.29, 1.82) is 0 Å². The smallest absolute Gasteiger partial charge is 0.312 e. The lowest BCUT2D eigenvalue weighted by atomic mass is 10.0. The van der Waals surface area contributed by atoms with Gasteiger partial charge in [-0.05, 0) is 24.0 Å². The first-order chi connectivity index (χ1) is 10.3. The maximum absolute atomic E-state index is 12.5. The summed E-state index contributed by atoms with van der Waals surface area (Å²) >= 11 is 0. The lowest BCUT2D eigenvalue weighted by molar-refractivity contribution is -0.152. The van der Waals surface area contributed by atoms with Crippen molar-refractivity contribution in [3.63, 3.8) is 0 Å². The van der Waals surface area contributed by atoms with E-state index in [2.05, 4.69) is 17.4 Å². The van der Waals surface area contributed by atoms with E-state index in [4.69, 9.17) is 0 Å². The summed E-state index contributed by atoms with van der Waals surface area (Å²) in [6.45, 7) is 3.98. The summed E-state index contributed by atoms with van der Waals surface area (Å²) in [5.74, 6) is -0.704. The van der Waals surface area contributed by atoms with Crippen LogP contribution < -0.4 is 5.32 Å². The molecule has 1 saturated heterocycles. The van der Waals surface area contributed by atoms with E-state index in [0.717, 1.165) is 31.5 Å². The summed E-state index contributed by atoms with van der Waals surface area (Å²) in [4.78, 5) is 28.2. The Kier molecular flexibility index (Phi) is 4.20. The molecule has 1 aromatic rings. The first kappa shape index (κ1) is 14.1. The van der Waals surface area contributed by atoms with Gasteiger partial charge in [-0.25, -0.2) is 0 Å². The van der Waals surface area contributed by atoms with Crippen LogP contribution in [-0.2, 0) is 22.6 Å². The molecule has 0 radical (unpaired) electrons. The normalized spacial score (nSPS) is 18.9. The van der Waals surface area contributed by atoms with Gasteiger partial charge in [0, 0.05) is 39.3 Å². The van der Waals surface area contributed by atoms with Gasteiger partial charge >= 0.3 is 11.8 Å². The van der Waals surface area contributed by atoms with Gasteiger partial charge in [-0.3, -0.25) is 9.59 Å². The van der Waals surface area contributed by atoms with Gasteiger partial charge < -0.3 is 15.1 Å². The predicted octanol–water partition coefficient (Wildman–Crippen LogP) is 0.393. The third-order valence-corrected chi connectivity index (χ3v) is 4.23. The van der Waals surface area contributed by atoms with Crippen LogP contribution in [0.2, 0.25) is 0 Å². The Balaban J connectivity index is 1.71. The van der Waals surface area contributed by atoms with Crippen LogP contribution in [0.5, 0.6) is 0 Å². The molecular weight excluding hydrogens is 266 g/mol. The second-order valence-electron chi connectivity index (χ2n) is 5.64. The lowest BCUT2D eigenvalue weighted by Crippen LogP contribution is -2.52. The molecule has 21 heavy (non-hydrogen) atoms. The monoisotopic (exact) mass is 287 g/mol. The lowest BCUT2D eigenvalue weighted by Gasteiger charge is -2.29. The topological polar surface area (TPSA) is 52.7 Å². The number of aryl methyl sites for hydroxylation is 1. The SMILES string of the molecule is O=C(C(=O)N1CCCc2ccccc2C1)N1CCNCC1. The van der Waals surface area contributed by atoms with Crippen molar-refractivity contribution < 1.29 is 9.59 Å². The number of fused-ring (bicyclic) bond motifs is 1. The Morgan fingerprint density at radius 1 is 0.905 bits per heavy atom. The molecule has 112 valence electrons. The average Bonchev–Trinajstić information content (AvgIpc) is 2.76. The second-order valence-corrected chi connectivity index (χ2v) is 5.64. The van der Waals surface area contributed by atoms with Crippen LogP contribution in [0.3, 0.4) is 0 Å². The Morgan fingerprint density at radius 2 is 1.57 bits per heavy atom. The Labute approximate surface area is 124 Å². The quantitative estimate of drug-likeness (QED) is 0.703. The maximum atomic E-state index is 12.5. The van der Waals surface area contributed by atoms with Gasteiger partial charge in [0.15, 0.2) is 0 Å². The molecule has 5 nitrogen and oxygen atoms in total. The third kappa shape index (κ3) is 3.08. The Morgan fingerprint density at radius 3 is 2.33 bits per heavy atom. The van der Waals surface area contributed by atoms with Crippen molar-refractivity contribution in [2.75, 3.05) is 32.7 Å². The van der Waals surface area contributed by atoms with E-state index in [1.165, 1.54) is 5.56 Å². The number of hydrogen-bond donors (Lipinski definition) is 1. The summed E-state index contributed by atoms with van der Waals surface area (Å²) < 4.78 is 0. The van der Waals surface area contributed by atoms with E-state index in [9.17, 15) is 9.59 Å². The number of benzene rings is 1. The summed E-state index contributed by atoms with van der Waals surface area (Å²) in [5.41, 5.74) is 2.46. The van der Waals surface area contributed by atoms with Crippen LogP contribution in [0, 0.1) is 0 Å². The van der Waals surface area contributed by atoms with E-state index in [1.54, 1.807) is 9.80 Å². The molecule has 0 spiro atoms. The van der Waals surface area contributed by atoms with Crippen LogP contribution in [0.4, 0.5) is 0 Å². The molecule has 3 rings (SSSR count). The highest BCUT2D eigenvalue weighted by Crippen LogP contribution is 2.18. The van der Waals surface area contributed by atoms with Gasteiger partial charge in [0.1, 0.15) is 0 Å². The van der Waals surface area contributed by atoms with Crippen LogP contribution in [0.1, 0.15) is 17.5 Å². The molecule has 0 atom stereocenters. The fourth-order valence-electron chi connectivity index (χ4n) is 3.01. The van der Waals surface area contributed by atoms with E-state index < -0.39 is 0 Å². The molecule has 1 aromatic carbocycles. The fraction of sp³-hybridized carbons (Fsp3) is 0.500. The molecule has 1 fully saturated rings. The van der Waals surface area contributed by atoms with E-state index in [-0.39, 0.29) is 11.8 Å². The highest BCUT2D eigenvalue weighted by molar-refractivity contribution is 6.34. The van der Waals surface area contributed by atoms with Gasteiger partial charge in [0.2, 0.25) is 0 Å². The van der Waals surface area contributed by atoms with Gasteiger partial charge in [-0.2, -0.15) is 0 Å². The van der Waals surface area contributed by atoms with Gasteiger partial charge in [-0.1, -0.05) is 24.3 Å². The van der Waals surface area contributed by atoms with Crippen molar-refractivity contribution >= 4 is 11.8 Å². The molecular formula is C16H21N3O2. The number of piperazine rings is 1. The van der Waals surface area contributed by atoms with E-state index >= 15 is 0 Å². The largest absolute Gasteiger partial charge is 0.332 e. The molecule has 0 saturated carbocycles. The number of amides is 2.